The molecule has 1 heterocycles. The molecule has 1 aliphatic heterocycles. The van der Waals surface area contributed by atoms with Gasteiger partial charge in [0.1, 0.15) is 6.10 Å². The molecular weight excluding hydrogens is 104 g/mol. The summed E-state index contributed by atoms with van der Waals surface area (Å²) >= 11 is 0. The predicted molar refractivity (Wildman–Crippen MR) is 30.3 cm³/mol. The second-order valence-corrected chi connectivity index (χ2v) is 2.02. The Bertz CT molecular complexity index is 88.7. The fourth-order valence-electron chi connectivity index (χ4n) is 0.712. The van der Waals surface area contributed by atoms with Crippen LogP contribution in [0.2, 0.25) is 0 Å². The van der Waals surface area contributed by atoms with Gasteiger partial charge in [-0.25, -0.2) is 0 Å². The van der Waals surface area contributed by atoms with Gasteiger partial charge in [-0.15, -0.1) is 0 Å². The van der Waals surface area contributed by atoms with Crippen molar-refractivity contribution in [1.29, 1.82) is 0 Å². The van der Waals surface area contributed by atoms with Crippen LogP contribution in [0.15, 0.2) is 12.3 Å². The fraction of sp³-hybridized carbons (Fsp3) is 0.667. The second-order valence-electron chi connectivity index (χ2n) is 2.02. The molecule has 46 valence electrons. The summed E-state index contributed by atoms with van der Waals surface area (Å²) in [6.45, 7) is 1.73. The SMILES string of the molecule is C[C@@H](O)C1CC=CO1. The Morgan fingerprint density at radius 3 is 2.88 bits per heavy atom. The van der Waals surface area contributed by atoms with Gasteiger partial charge in [0.05, 0.1) is 12.4 Å². The largest absolute Gasteiger partial charge is 0.495 e. The highest BCUT2D eigenvalue weighted by molar-refractivity contribution is 4.88. The summed E-state index contributed by atoms with van der Waals surface area (Å²) in [7, 11) is 0. The minimum atomic E-state index is -0.343. The Morgan fingerprint density at radius 2 is 2.62 bits per heavy atom. The molecule has 0 radical (unpaired) electrons. The van der Waals surface area contributed by atoms with E-state index in [-0.39, 0.29) is 12.2 Å². The van der Waals surface area contributed by atoms with E-state index in [0.29, 0.717) is 0 Å². The molecule has 0 saturated heterocycles. The van der Waals surface area contributed by atoms with E-state index in [9.17, 15) is 0 Å². The summed E-state index contributed by atoms with van der Waals surface area (Å²) in [6.07, 6.45) is 4.06. The van der Waals surface area contributed by atoms with Crippen LogP contribution in [0.3, 0.4) is 0 Å². The number of hydrogen-bond acceptors (Lipinski definition) is 2. The second kappa shape index (κ2) is 2.18. The molecule has 0 fully saturated rings. The molecule has 0 aromatic carbocycles. The minimum Gasteiger partial charge on any atom is -0.495 e. The zero-order valence-corrected chi connectivity index (χ0v) is 4.87. The molecule has 8 heavy (non-hydrogen) atoms. The van der Waals surface area contributed by atoms with E-state index in [2.05, 4.69) is 0 Å². The van der Waals surface area contributed by atoms with Crippen LogP contribution < -0.4 is 0 Å². The van der Waals surface area contributed by atoms with Crippen LogP contribution in [0.1, 0.15) is 13.3 Å². The average molecular weight is 114 g/mol. The maximum Gasteiger partial charge on any atom is 0.127 e. The highest BCUT2D eigenvalue weighted by Gasteiger charge is 2.16. The molecule has 1 rings (SSSR count). The molecule has 0 amide bonds. The van der Waals surface area contributed by atoms with E-state index in [1.54, 1.807) is 13.2 Å². The van der Waals surface area contributed by atoms with Crippen molar-refractivity contribution in [3.05, 3.63) is 12.3 Å². The first-order valence-electron chi connectivity index (χ1n) is 2.79. The van der Waals surface area contributed by atoms with E-state index in [0.717, 1.165) is 6.42 Å². The zero-order chi connectivity index (χ0) is 5.98. The van der Waals surface area contributed by atoms with Crippen LogP contribution in [0.25, 0.3) is 0 Å². The third-order valence-corrected chi connectivity index (χ3v) is 1.26. The van der Waals surface area contributed by atoms with E-state index < -0.39 is 0 Å². The monoisotopic (exact) mass is 114 g/mol. The van der Waals surface area contributed by atoms with Crippen molar-refractivity contribution in [1.82, 2.24) is 0 Å². The number of aliphatic hydroxyl groups is 1. The Balaban J connectivity index is 2.29. The maximum atomic E-state index is 8.89. The summed E-state index contributed by atoms with van der Waals surface area (Å²) in [5.41, 5.74) is 0. The average Bonchev–Trinajstić information content (AvgIpc) is 2.12. The molecule has 0 aromatic rings. The standard InChI is InChI=1S/C6H10O2/c1-5(7)6-3-2-4-8-6/h2,4-7H,3H2,1H3/t5-,6?/m1/s1. The topological polar surface area (TPSA) is 29.5 Å². The lowest BCUT2D eigenvalue weighted by Gasteiger charge is -2.11. The quantitative estimate of drug-likeness (QED) is 0.543. The van der Waals surface area contributed by atoms with Crippen LogP contribution in [0, 0.1) is 0 Å². The zero-order valence-electron chi connectivity index (χ0n) is 4.87. The number of ether oxygens (including phenoxy) is 1. The molecule has 0 bridgehead atoms. The number of aliphatic hydroxyl groups excluding tert-OH is 1. The normalized spacial score (nSPS) is 30.0. The van der Waals surface area contributed by atoms with Gasteiger partial charge < -0.3 is 9.84 Å². The molecule has 2 nitrogen and oxygen atoms in total. The summed E-state index contributed by atoms with van der Waals surface area (Å²) in [6, 6.07) is 0. The highest BCUT2D eigenvalue weighted by Crippen LogP contribution is 2.11. The van der Waals surface area contributed by atoms with Gasteiger partial charge >= 0.3 is 0 Å². The first-order valence-corrected chi connectivity index (χ1v) is 2.79. The molecule has 2 heteroatoms. The Hall–Kier alpha value is -0.500. The van der Waals surface area contributed by atoms with Crippen molar-refractivity contribution in [3.63, 3.8) is 0 Å². The first-order chi connectivity index (χ1) is 3.80. The smallest absolute Gasteiger partial charge is 0.127 e. The van der Waals surface area contributed by atoms with Gasteiger partial charge in [-0.05, 0) is 13.0 Å². The molecule has 0 saturated carbocycles. The van der Waals surface area contributed by atoms with E-state index >= 15 is 0 Å². The van der Waals surface area contributed by atoms with Crippen molar-refractivity contribution in [2.24, 2.45) is 0 Å². The summed E-state index contributed by atoms with van der Waals surface area (Å²) < 4.78 is 4.98. The van der Waals surface area contributed by atoms with Crippen molar-refractivity contribution in [2.45, 2.75) is 25.6 Å². The summed E-state index contributed by atoms with van der Waals surface area (Å²) in [4.78, 5) is 0. The van der Waals surface area contributed by atoms with Gasteiger partial charge in [-0.1, -0.05) is 0 Å². The van der Waals surface area contributed by atoms with Crippen LogP contribution in [-0.2, 0) is 4.74 Å². The molecule has 1 aliphatic rings. The number of hydrogen-bond donors (Lipinski definition) is 1. The van der Waals surface area contributed by atoms with E-state index in [4.69, 9.17) is 9.84 Å². The molecular formula is C6H10O2. The maximum absolute atomic E-state index is 8.89. The van der Waals surface area contributed by atoms with Crippen molar-refractivity contribution < 1.29 is 9.84 Å². The molecule has 2 atom stereocenters. The van der Waals surface area contributed by atoms with Crippen molar-refractivity contribution >= 4 is 0 Å². The van der Waals surface area contributed by atoms with Gasteiger partial charge in [0, 0.05) is 6.42 Å². The van der Waals surface area contributed by atoms with E-state index in [1.165, 1.54) is 0 Å². The molecule has 1 unspecified atom stereocenters. The van der Waals surface area contributed by atoms with Gasteiger partial charge in [-0.3, -0.25) is 0 Å². The predicted octanol–water partition coefficient (Wildman–Crippen LogP) is 0.670. The van der Waals surface area contributed by atoms with E-state index in [1.807, 2.05) is 6.08 Å². The molecule has 1 N–H and O–H groups in total. The van der Waals surface area contributed by atoms with Crippen molar-refractivity contribution in [2.75, 3.05) is 0 Å². The molecule has 0 aromatic heterocycles. The van der Waals surface area contributed by atoms with Gasteiger partial charge in [0.15, 0.2) is 0 Å². The third kappa shape index (κ3) is 1.01. The lowest BCUT2D eigenvalue weighted by atomic mass is 10.2. The lowest BCUT2D eigenvalue weighted by molar-refractivity contribution is 0.0349. The highest BCUT2D eigenvalue weighted by atomic mass is 16.5. The van der Waals surface area contributed by atoms with Gasteiger partial charge in [-0.2, -0.15) is 0 Å². The van der Waals surface area contributed by atoms with Crippen molar-refractivity contribution in [3.8, 4) is 0 Å². The Labute approximate surface area is 48.8 Å². The van der Waals surface area contributed by atoms with Gasteiger partial charge in [0.2, 0.25) is 0 Å². The summed E-state index contributed by atoms with van der Waals surface area (Å²) in [5, 5.41) is 8.89. The van der Waals surface area contributed by atoms with Crippen LogP contribution in [-0.4, -0.2) is 17.3 Å². The third-order valence-electron chi connectivity index (χ3n) is 1.26. The van der Waals surface area contributed by atoms with Crippen LogP contribution in [0.4, 0.5) is 0 Å². The lowest BCUT2D eigenvalue weighted by Crippen LogP contribution is -2.20. The minimum absolute atomic E-state index is 0.00926. The molecule has 0 spiro atoms. The number of rotatable bonds is 1. The van der Waals surface area contributed by atoms with Gasteiger partial charge in [0.25, 0.3) is 0 Å². The summed E-state index contributed by atoms with van der Waals surface area (Å²) in [5.74, 6) is 0. The fourth-order valence-corrected chi connectivity index (χ4v) is 0.712. The Kier molecular flexibility index (Phi) is 1.53. The first kappa shape index (κ1) is 5.63. The van der Waals surface area contributed by atoms with Crippen LogP contribution in [0.5, 0.6) is 0 Å². The molecule has 0 aliphatic carbocycles. The van der Waals surface area contributed by atoms with Crippen LogP contribution >= 0.6 is 0 Å². The Morgan fingerprint density at radius 1 is 1.88 bits per heavy atom.